The Morgan fingerprint density at radius 1 is 1.47 bits per heavy atom. The maximum absolute atomic E-state index is 11.6. The number of carbonyl (C=O) groups excluding carboxylic acids is 2. The summed E-state index contributed by atoms with van der Waals surface area (Å²) in [6, 6.07) is 0. The quantitative estimate of drug-likeness (QED) is 0.732. The van der Waals surface area contributed by atoms with Gasteiger partial charge in [0.05, 0.1) is 11.9 Å². The van der Waals surface area contributed by atoms with Gasteiger partial charge in [0.25, 0.3) is 0 Å². The Balaban J connectivity index is 2.19. The van der Waals surface area contributed by atoms with Crippen LogP contribution in [-0.4, -0.2) is 36.0 Å². The second-order valence-electron chi connectivity index (χ2n) is 3.38. The molecule has 1 fully saturated rings. The molecule has 86 valence electrons. The molecule has 1 heterocycles. The molecule has 0 aromatic heterocycles. The highest BCUT2D eigenvalue weighted by molar-refractivity contribution is 8.00. The van der Waals surface area contributed by atoms with Gasteiger partial charge in [-0.2, -0.15) is 0 Å². The summed E-state index contributed by atoms with van der Waals surface area (Å²) in [7, 11) is 0. The fourth-order valence-corrected chi connectivity index (χ4v) is 2.66. The molecule has 1 rings (SSSR count). The topological polar surface area (TPSA) is 55.4 Å². The van der Waals surface area contributed by atoms with Gasteiger partial charge < -0.3 is 10.1 Å². The molecule has 1 aliphatic rings. The number of carbonyl (C=O) groups is 2. The van der Waals surface area contributed by atoms with E-state index in [0.717, 1.165) is 18.6 Å². The number of amides is 1. The predicted molar refractivity (Wildman–Crippen MR) is 59.7 cm³/mol. The molecule has 1 unspecified atom stereocenters. The molecular formula is C10H17NO3S. The number of esters is 1. The first-order chi connectivity index (χ1) is 7.24. The Bertz CT molecular complexity index is 227. The van der Waals surface area contributed by atoms with E-state index in [1.807, 2.05) is 0 Å². The highest BCUT2D eigenvalue weighted by Gasteiger charge is 2.21. The van der Waals surface area contributed by atoms with Crippen LogP contribution in [0, 0.1) is 0 Å². The van der Waals surface area contributed by atoms with Crippen molar-refractivity contribution in [2.24, 2.45) is 0 Å². The van der Waals surface area contributed by atoms with Crippen LogP contribution in [0.2, 0.25) is 0 Å². The molecule has 15 heavy (non-hydrogen) atoms. The van der Waals surface area contributed by atoms with Crippen molar-refractivity contribution in [2.75, 3.05) is 18.9 Å². The van der Waals surface area contributed by atoms with Crippen molar-refractivity contribution in [3.63, 3.8) is 0 Å². The standard InChI is InChI=1S/C10H17NO3S/c1-2-14-9(12)7-11-10(13)8-5-3-4-6-15-8/h8H,2-7H2,1H3,(H,11,13). The highest BCUT2D eigenvalue weighted by atomic mass is 32.2. The molecule has 0 bridgehead atoms. The molecule has 1 atom stereocenters. The van der Waals surface area contributed by atoms with Crippen LogP contribution in [-0.2, 0) is 14.3 Å². The Hall–Kier alpha value is -0.710. The van der Waals surface area contributed by atoms with E-state index in [-0.39, 0.29) is 23.7 Å². The zero-order chi connectivity index (χ0) is 11.1. The Morgan fingerprint density at radius 3 is 2.87 bits per heavy atom. The van der Waals surface area contributed by atoms with Crippen LogP contribution >= 0.6 is 11.8 Å². The van der Waals surface area contributed by atoms with Crippen LogP contribution in [0.5, 0.6) is 0 Å². The van der Waals surface area contributed by atoms with Gasteiger partial charge in [-0.3, -0.25) is 9.59 Å². The Morgan fingerprint density at radius 2 is 2.27 bits per heavy atom. The molecule has 0 radical (unpaired) electrons. The molecule has 0 aromatic carbocycles. The zero-order valence-electron chi connectivity index (χ0n) is 8.95. The molecule has 1 saturated heterocycles. The van der Waals surface area contributed by atoms with E-state index in [2.05, 4.69) is 5.32 Å². The minimum atomic E-state index is -0.369. The van der Waals surface area contributed by atoms with Gasteiger partial charge in [0, 0.05) is 0 Å². The molecule has 5 heteroatoms. The van der Waals surface area contributed by atoms with Gasteiger partial charge in [0.15, 0.2) is 0 Å². The van der Waals surface area contributed by atoms with Gasteiger partial charge in [-0.1, -0.05) is 6.42 Å². The molecular weight excluding hydrogens is 214 g/mol. The molecule has 0 spiro atoms. The van der Waals surface area contributed by atoms with E-state index in [9.17, 15) is 9.59 Å². The molecule has 4 nitrogen and oxygen atoms in total. The van der Waals surface area contributed by atoms with Gasteiger partial charge in [0.1, 0.15) is 6.54 Å². The fraction of sp³-hybridized carbons (Fsp3) is 0.800. The first-order valence-corrected chi connectivity index (χ1v) is 6.34. The van der Waals surface area contributed by atoms with E-state index < -0.39 is 0 Å². The van der Waals surface area contributed by atoms with E-state index in [1.165, 1.54) is 6.42 Å². The minimum absolute atomic E-state index is 0.0102. The average molecular weight is 231 g/mol. The summed E-state index contributed by atoms with van der Waals surface area (Å²) in [5, 5.41) is 2.62. The molecule has 0 saturated carbocycles. The lowest BCUT2D eigenvalue weighted by Crippen LogP contribution is -2.37. The van der Waals surface area contributed by atoms with Crippen molar-refractivity contribution in [1.29, 1.82) is 0 Å². The second kappa shape index (κ2) is 6.71. The monoisotopic (exact) mass is 231 g/mol. The Kier molecular flexibility index (Phi) is 5.53. The predicted octanol–water partition coefficient (Wildman–Crippen LogP) is 0.951. The van der Waals surface area contributed by atoms with Crippen LogP contribution in [0.25, 0.3) is 0 Å². The highest BCUT2D eigenvalue weighted by Crippen LogP contribution is 2.24. The fourth-order valence-electron chi connectivity index (χ4n) is 1.43. The van der Waals surface area contributed by atoms with Gasteiger partial charge in [0.2, 0.25) is 5.91 Å². The number of hydrogen-bond acceptors (Lipinski definition) is 4. The maximum atomic E-state index is 11.6. The number of thioether (sulfide) groups is 1. The van der Waals surface area contributed by atoms with Crippen molar-refractivity contribution < 1.29 is 14.3 Å². The van der Waals surface area contributed by atoms with Crippen molar-refractivity contribution in [3.8, 4) is 0 Å². The molecule has 1 aliphatic heterocycles. The molecule has 0 aliphatic carbocycles. The number of hydrogen-bond donors (Lipinski definition) is 1. The third kappa shape index (κ3) is 4.55. The van der Waals surface area contributed by atoms with Crippen LogP contribution in [0.4, 0.5) is 0 Å². The third-order valence-corrected chi connectivity index (χ3v) is 3.56. The smallest absolute Gasteiger partial charge is 0.325 e. The van der Waals surface area contributed by atoms with Crippen LogP contribution in [0.15, 0.2) is 0 Å². The van der Waals surface area contributed by atoms with Crippen molar-refractivity contribution in [1.82, 2.24) is 5.32 Å². The van der Waals surface area contributed by atoms with Crippen molar-refractivity contribution >= 4 is 23.6 Å². The minimum Gasteiger partial charge on any atom is -0.465 e. The zero-order valence-corrected chi connectivity index (χ0v) is 9.77. The number of rotatable bonds is 4. The Labute approximate surface area is 94.1 Å². The second-order valence-corrected chi connectivity index (χ2v) is 4.69. The first-order valence-electron chi connectivity index (χ1n) is 5.29. The third-order valence-electron chi connectivity index (χ3n) is 2.18. The van der Waals surface area contributed by atoms with Crippen LogP contribution in [0.3, 0.4) is 0 Å². The lowest BCUT2D eigenvalue weighted by atomic mass is 10.2. The summed E-state index contributed by atoms with van der Waals surface area (Å²) < 4.78 is 4.72. The summed E-state index contributed by atoms with van der Waals surface area (Å²) in [5.41, 5.74) is 0. The molecule has 1 amide bonds. The van der Waals surface area contributed by atoms with Gasteiger partial charge in [-0.15, -0.1) is 11.8 Å². The molecule has 1 N–H and O–H groups in total. The summed E-state index contributed by atoms with van der Waals surface area (Å²) in [5.74, 6) is 0.636. The SMILES string of the molecule is CCOC(=O)CNC(=O)C1CCCCS1. The van der Waals surface area contributed by atoms with Crippen LogP contribution < -0.4 is 5.32 Å². The first kappa shape index (κ1) is 12.4. The van der Waals surface area contributed by atoms with Gasteiger partial charge >= 0.3 is 5.97 Å². The molecule has 0 aromatic rings. The van der Waals surface area contributed by atoms with Crippen molar-refractivity contribution in [2.45, 2.75) is 31.4 Å². The largest absolute Gasteiger partial charge is 0.465 e. The lowest BCUT2D eigenvalue weighted by molar-refractivity contribution is -0.143. The normalized spacial score (nSPS) is 20.7. The van der Waals surface area contributed by atoms with Gasteiger partial charge in [-0.25, -0.2) is 0 Å². The van der Waals surface area contributed by atoms with E-state index in [4.69, 9.17) is 4.74 Å². The van der Waals surface area contributed by atoms with E-state index in [0.29, 0.717) is 6.61 Å². The number of ether oxygens (including phenoxy) is 1. The lowest BCUT2D eigenvalue weighted by Gasteiger charge is -2.20. The summed E-state index contributed by atoms with van der Waals surface area (Å²) in [4.78, 5) is 22.6. The summed E-state index contributed by atoms with van der Waals surface area (Å²) >= 11 is 1.67. The van der Waals surface area contributed by atoms with Gasteiger partial charge in [-0.05, 0) is 25.5 Å². The average Bonchev–Trinajstić information content (AvgIpc) is 2.27. The maximum Gasteiger partial charge on any atom is 0.325 e. The van der Waals surface area contributed by atoms with E-state index in [1.54, 1.807) is 18.7 Å². The summed E-state index contributed by atoms with van der Waals surface area (Å²) in [6.45, 7) is 2.09. The van der Waals surface area contributed by atoms with Crippen LogP contribution in [0.1, 0.15) is 26.2 Å². The number of nitrogens with one attached hydrogen (secondary N) is 1. The summed E-state index contributed by atoms with van der Waals surface area (Å²) in [6.07, 6.45) is 3.20. The van der Waals surface area contributed by atoms with E-state index >= 15 is 0 Å². The van der Waals surface area contributed by atoms with Crippen molar-refractivity contribution in [3.05, 3.63) is 0 Å².